The summed E-state index contributed by atoms with van der Waals surface area (Å²) in [5, 5.41) is 2.72. The first-order valence-electron chi connectivity index (χ1n) is 10.9. The Kier molecular flexibility index (Phi) is 6.79. The summed E-state index contributed by atoms with van der Waals surface area (Å²) >= 11 is 0. The molecule has 1 N–H and O–H groups in total. The first-order chi connectivity index (χ1) is 16.6. The van der Waals surface area contributed by atoms with Gasteiger partial charge >= 0.3 is 16.1 Å². The van der Waals surface area contributed by atoms with Gasteiger partial charge in [0.05, 0.1) is 18.7 Å². The highest BCUT2D eigenvalue weighted by atomic mass is 32.2. The fourth-order valence-electron chi connectivity index (χ4n) is 4.04. The third-order valence-electron chi connectivity index (χ3n) is 5.63. The molecule has 2 aromatic carbocycles. The Morgan fingerprint density at radius 1 is 1.03 bits per heavy atom. The zero-order valence-corrected chi connectivity index (χ0v) is 20.0. The number of ether oxygens (including phenoxy) is 1. The van der Waals surface area contributed by atoms with Gasteiger partial charge in [-0.3, -0.25) is 14.5 Å². The molecule has 2 aromatic rings. The number of carbonyl (C=O) groups is 3. The number of rotatable bonds is 8. The highest BCUT2D eigenvalue weighted by Crippen LogP contribution is 2.35. The van der Waals surface area contributed by atoms with Crippen LogP contribution >= 0.6 is 0 Å². The third kappa shape index (κ3) is 5.46. The number of esters is 1. The van der Waals surface area contributed by atoms with Crippen LogP contribution in [0.15, 0.2) is 72.2 Å². The minimum absolute atomic E-state index is 0.0804. The Morgan fingerprint density at radius 3 is 2.23 bits per heavy atom. The van der Waals surface area contributed by atoms with Gasteiger partial charge in [-0.25, -0.2) is 4.79 Å². The maximum Gasteiger partial charge on any atom is 0.361 e. The summed E-state index contributed by atoms with van der Waals surface area (Å²) in [6, 6.07) is 16.5. The zero-order valence-electron chi connectivity index (χ0n) is 19.2. The lowest BCUT2D eigenvalue weighted by atomic mass is 9.91. The van der Waals surface area contributed by atoms with Gasteiger partial charge in [-0.2, -0.15) is 8.42 Å². The van der Waals surface area contributed by atoms with Gasteiger partial charge in [0.25, 0.3) is 5.91 Å². The SMILES string of the molecule is CN1C[C@@H]2C(NC(=O)Cc3ccccc3)C(=O)N2C(C(=O)OCc2ccccc2)=C1OS(C)(=O)=O. The molecule has 2 heterocycles. The van der Waals surface area contributed by atoms with Crippen LogP contribution in [0.2, 0.25) is 0 Å². The molecule has 0 saturated carbocycles. The first-order valence-corrected chi connectivity index (χ1v) is 12.7. The maximum atomic E-state index is 13.1. The van der Waals surface area contributed by atoms with E-state index in [1.54, 1.807) is 36.4 Å². The second kappa shape index (κ2) is 9.79. The Bertz CT molecular complexity index is 1260. The van der Waals surface area contributed by atoms with Gasteiger partial charge in [0.2, 0.25) is 11.8 Å². The van der Waals surface area contributed by atoms with E-state index in [0.29, 0.717) is 5.56 Å². The molecule has 0 spiro atoms. The average molecular weight is 500 g/mol. The minimum atomic E-state index is -4.01. The molecule has 2 aliphatic rings. The summed E-state index contributed by atoms with van der Waals surface area (Å²) in [5.74, 6) is -2.10. The fourth-order valence-corrected chi connectivity index (χ4v) is 4.54. The molecule has 1 fully saturated rings. The Labute approximate surface area is 203 Å². The van der Waals surface area contributed by atoms with E-state index < -0.39 is 34.1 Å². The smallest absolute Gasteiger partial charge is 0.361 e. The summed E-state index contributed by atoms with van der Waals surface area (Å²) < 4.78 is 34.2. The lowest BCUT2D eigenvalue weighted by molar-refractivity contribution is -0.160. The summed E-state index contributed by atoms with van der Waals surface area (Å²) in [6.07, 6.45) is 0.939. The summed E-state index contributed by atoms with van der Waals surface area (Å²) in [4.78, 5) is 41.2. The average Bonchev–Trinajstić information content (AvgIpc) is 2.82. The lowest BCUT2D eigenvalue weighted by Crippen LogP contribution is -2.75. The van der Waals surface area contributed by atoms with Crippen molar-refractivity contribution in [3.8, 4) is 0 Å². The number of β-lactam (4-membered cyclic amide) rings is 1. The predicted octanol–water partition coefficient (Wildman–Crippen LogP) is 0.759. The summed E-state index contributed by atoms with van der Waals surface area (Å²) in [5.41, 5.74) is 1.20. The van der Waals surface area contributed by atoms with Crippen LogP contribution in [-0.2, 0) is 46.4 Å². The van der Waals surface area contributed by atoms with Gasteiger partial charge < -0.3 is 19.1 Å². The highest BCUT2D eigenvalue weighted by Gasteiger charge is 2.56. The number of nitrogens with one attached hydrogen (secondary N) is 1. The lowest BCUT2D eigenvalue weighted by Gasteiger charge is -2.51. The molecule has 184 valence electrons. The van der Waals surface area contributed by atoms with Crippen LogP contribution in [0.4, 0.5) is 0 Å². The molecule has 1 saturated heterocycles. The molecule has 0 aliphatic carbocycles. The number of nitrogens with zero attached hydrogens (tertiary/aromatic N) is 2. The largest absolute Gasteiger partial charge is 0.456 e. The molecule has 2 amide bonds. The second-order valence-corrected chi connectivity index (χ2v) is 9.94. The predicted molar refractivity (Wildman–Crippen MR) is 125 cm³/mol. The Balaban J connectivity index is 1.54. The van der Waals surface area contributed by atoms with E-state index in [-0.39, 0.29) is 37.1 Å². The number of hydrogen-bond donors (Lipinski definition) is 1. The van der Waals surface area contributed by atoms with Crippen molar-refractivity contribution in [3.63, 3.8) is 0 Å². The van der Waals surface area contributed by atoms with Crippen LogP contribution in [0.3, 0.4) is 0 Å². The van der Waals surface area contributed by atoms with Crippen LogP contribution in [0.1, 0.15) is 11.1 Å². The van der Waals surface area contributed by atoms with Crippen LogP contribution < -0.4 is 5.32 Å². The summed E-state index contributed by atoms with van der Waals surface area (Å²) in [6.45, 7) is 0.0608. The fraction of sp³-hybridized carbons (Fsp3) is 0.292. The quantitative estimate of drug-likeness (QED) is 0.321. The molecular formula is C24H25N3O7S. The van der Waals surface area contributed by atoms with Crippen LogP contribution in [-0.4, -0.2) is 67.9 Å². The van der Waals surface area contributed by atoms with Gasteiger partial charge in [-0.05, 0) is 11.1 Å². The van der Waals surface area contributed by atoms with E-state index in [1.807, 2.05) is 24.3 Å². The van der Waals surface area contributed by atoms with Crippen LogP contribution in [0, 0.1) is 0 Å². The standard InChI is InChI=1S/C24H25N3O7S/c1-26-14-18-20(25-19(28)13-16-9-5-3-6-10-16)22(29)27(18)21(23(26)34-35(2,31)32)24(30)33-15-17-11-7-4-8-12-17/h3-12,18,20H,13-15H2,1-2H3,(H,25,28)/t18-,20?/m1/s1. The van der Waals surface area contributed by atoms with Crippen molar-refractivity contribution in [2.75, 3.05) is 19.8 Å². The number of carbonyl (C=O) groups excluding carboxylic acids is 3. The summed E-state index contributed by atoms with van der Waals surface area (Å²) in [7, 11) is -2.47. The van der Waals surface area contributed by atoms with E-state index in [4.69, 9.17) is 8.92 Å². The molecule has 0 radical (unpaired) electrons. The van der Waals surface area contributed by atoms with E-state index in [9.17, 15) is 22.8 Å². The van der Waals surface area contributed by atoms with Crippen molar-refractivity contribution in [1.29, 1.82) is 0 Å². The molecule has 11 heteroatoms. The van der Waals surface area contributed by atoms with Gasteiger partial charge in [0.15, 0.2) is 5.70 Å². The monoisotopic (exact) mass is 499 g/mol. The molecule has 0 bridgehead atoms. The first kappa shape index (κ1) is 24.3. The number of hydrogen-bond acceptors (Lipinski definition) is 8. The van der Waals surface area contributed by atoms with Crippen LogP contribution in [0.5, 0.6) is 0 Å². The van der Waals surface area contributed by atoms with Crippen molar-refractivity contribution >= 4 is 27.9 Å². The highest BCUT2D eigenvalue weighted by molar-refractivity contribution is 7.86. The number of likely N-dealkylation sites (N-methyl/N-ethyl adjacent to an activating group) is 1. The van der Waals surface area contributed by atoms with E-state index >= 15 is 0 Å². The van der Waals surface area contributed by atoms with Gasteiger partial charge in [0.1, 0.15) is 12.6 Å². The van der Waals surface area contributed by atoms with Crippen LogP contribution in [0.25, 0.3) is 0 Å². The Hall–Kier alpha value is -3.86. The second-order valence-electron chi connectivity index (χ2n) is 8.37. The third-order valence-corrected chi connectivity index (χ3v) is 6.09. The van der Waals surface area contributed by atoms with Crippen molar-refractivity contribution in [1.82, 2.24) is 15.1 Å². The Morgan fingerprint density at radius 2 is 1.63 bits per heavy atom. The molecular weight excluding hydrogens is 474 g/mol. The zero-order chi connectivity index (χ0) is 25.2. The van der Waals surface area contributed by atoms with E-state index in [2.05, 4.69) is 5.32 Å². The maximum absolute atomic E-state index is 13.1. The van der Waals surface area contributed by atoms with Crippen molar-refractivity contribution in [2.24, 2.45) is 0 Å². The molecule has 0 aromatic heterocycles. The molecule has 35 heavy (non-hydrogen) atoms. The van der Waals surface area contributed by atoms with Gasteiger partial charge in [-0.15, -0.1) is 0 Å². The van der Waals surface area contributed by atoms with E-state index in [1.165, 1.54) is 11.9 Å². The number of benzene rings is 2. The molecule has 2 aliphatic heterocycles. The molecule has 10 nitrogen and oxygen atoms in total. The van der Waals surface area contributed by atoms with E-state index in [0.717, 1.165) is 16.7 Å². The van der Waals surface area contributed by atoms with Crippen molar-refractivity contribution in [2.45, 2.75) is 25.1 Å². The van der Waals surface area contributed by atoms with Gasteiger partial charge in [0, 0.05) is 13.6 Å². The topological polar surface area (TPSA) is 122 Å². The van der Waals surface area contributed by atoms with Crippen molar-refractivity contribution < 1.29 is 31.7 Å². The number of amides is 2. The molecule has 2 atom stereocenters. The van der Waals surface area contributed by atoms with Gasteiger partial charge in [-0.1, -0.05) is 60.7 Å². The van der Waals surface area contributed by atoms with Crippen molar-refractivity contribution in [3.05, 3.63) is 83.4 Å². The molecule has 4 rings (SSSR count). The number of fused-ring (bicyclic) bond motifs is 1. The minimum Gasteiger partial charge on any atom is -0.456 e. The normalized spacial score (nSPS) is 19.5. The molecule has 1 unspecified atom stereocenters.